The molecule has 1 atom stereocenters. The highest BCUT2D eigenvalue weighted by atomic mass is 32.2. The van der Waals surface area contributed by atoms with Crippen molar-refractivity contribution in [2.45, 2.75) is 24.8 Å². The molecule has 3 rings (SSSR count). The highest BCUT2D eigenvalue weighted by Gasteiger charge is 2.23. The van der Waals surface area contributed by atoms with Crippen LogP contribution in [0.25, 0.3) is 0 Å². The SMILES string of the molecule is Cc1cc(C)n(C(CNS(=O)(=O)c2cccc(F)c2)c2ccco2)n1. The van der Waals surface area contributed by atoms with Crippen LogP contribution in [0.4, 0.5) is 4.39 Å². The maximum atomic E-state index is 13.3. The number of aryl methyl sites for hydroxylation is 2. The van der Waals surface area contributed by atoms with Crippen LogP contribution in [0.15, 0.2) is 58.0 Å². The molecular formula is C17H18FN3O3S. The Morgan fingerprint density at radius 1 is 1.24 bits per heavy atom. The van der Waals surface area contributed by atoms with Crippen LogP contribution in [-0.4, -0.2) is 24.7 Å². The maximum Gasteiger partial charge on any atom is 0.240 e. The standard InChI is InChI=1S/C17H18FN3O3S/c1-12-9-13(2)21(20-12)16(17-7-4-8-24-17)11-19-25(22,23)15-6-3-5-14(18)10-15/h3-10,16,19H,11H2,1-2H3. The van der Waals surface area contributed by atoms with Gasteiger partial charge in [-0.2, -0.15) is 5.10 Å². The van der Waals surface area contributed by atoms with Gasteiger partial charge in [0.15, 0.2) is 0 Å². The predicted octanol–water partition coefficient (Wildman–Crippen LogP) is 2.80. The maximum absolute atomic E-state index is 13.3. The van der Waals surface area contributed by atoms with Gasteiger partial charge in [-0.1, -0.05) is 6.07 Å². The second kappa shape index (κ2) is 6.81. The van der Waals surface area contributed by atoms with Gasteiger partial charge in [0.05, 0.1) is 16.9 Å². The molecule has 1 N–H and O–H groups in total. The van der Waals surface area contributed by atoms with Gasteiger partial charge in [0.25, 0.3) is 0 Å². The first-order valence-corrected chi connectivity index (χ1v) is 9.16. The van der Waals surface area contributed by atoms with Crippen LogP contribution in [-0.2, 0) is 10.0 Å². The van der Waals surface area contributed by atoms with Crippen LogP contribution >= 0.6 is 0 Å². The Hall–Kier alpha value is -2.45. The molecule has 0 amide bonds. The largest absolute Gasteiger partial charge is 0.467 e. The third-order valence-corrected chi connectivity index (χ3v) is 5.21. The molecule has 3 aromatic rings. The summed E-state index contributed by atoms with van der Waals surface area (Å²) in [6, 6.07) is 9.82. The van der Waals surface area contributed by atoms with Crippen molar-refractivity contribution in [2.75, 3.05) is 6.54 Å². The monoisotopic (exact) mass is 363 g/mol. The fourth-order valence-electron chi connectivity index (χ4n) is 2.66. The molecule has 2 aromatic heterocycles. The fourth-order valence-corrected chi connectivity index (χ4v) is 3.73. The number of nitrogens with one attached hydrogen (secondary N) is 1. The zero-order chi connectivity index (χ0) is 18.0. The van der Waals surface area contributed by atoms with E-state index in [1.807, 2.05) is 19.9 Å². The van der Waals surface area contributed by atoms with Gasteiger partial charge < -0.3 is 4.42 Å². The normalized spacial score (nSPS) is 13.1. The minimum atomic E-state index is -3.86. The van der Waals surface area contributed by atoms with E-state index in [4.69, 9.17) is 4.42 Å². The first-order valence-electron chi connectivity index (χ1n) is 7.68. The van der Waals surface area contributed by atoms with Crippen molar-refractivity contribution in [3.8, 4) is 0 Å². The molecule has 0 saturated heterocycles. The number of nitrogens with zero attached hydrogens (tertiary/aromatic N) is 2. The zero-order valence-corrected chi connectivity index (χ0v) is 14.6. The summed E-state index contributed by atoms with van der Waals surface area (Å²) < 4.78 is 47.9. The van der Waals surface area contributed by atoms with Gasteiger partial charge in [-0.05, 0) is 50.2 Å². The van der Waals surface area contributed by atoms with Gasteiger partial charge in [0, 0.05) is 12.2 Å². The number of aromatic nitrogens is 2. The van der Waals surface area contributed by atoms with E-state index in [-0.39, 0.29) is 11.4 Å². The Bertz CT molecular complexity index is 965. The summed E-state index contributed by atoms with van der Waals surface area (Å²) in [7, 11) is -3.86. The van der Waals surface area contributed by atoms with Gasteiger partial charge in [-0.25, -0.2) is 17.5 Å². The molecule has 0 fully saturated rings. The molecule has 0 aliphatic rings. The van der Waals surface area contributed by atoms with Crippen LogP contribution in [0.1, 0.15) is 23.2 Å². The lowest BCUT2D eigenvalue weighted by molar-refractivity contribution is 0.396. The van der Waals surface area contributed by atoms with Crippen molar-refractivity contribution < 1.29 is 17.2 Å². The Kier molecular flexibility index (Phi) is 4.73. The smallest absolute Gasteiger partial charge is 0.240 e. The Balaban J connectivity index is 1.88. The highest BCUT2D eigenvalue weighted by molar-refractivity contribution is 7.89. The Labute approximate surface area is 145 Å². The summed E-state index contributed by atoms with van der Waals surface area (Å²) in [6.07, 6.45) is 1.52. The van der Waals surface area contributed by atoms with E-state index in [1.165, 1.54) is 24.5 Å². The molecular weight excluding hydrogens is 345 g/mol. The molecule has 1 unspecified atom stereocenters. The predicted molar refractivity (Wildman–Crippen MR) is 90.1 cm³/mol. The number of benzene rings is 1. The lowest BCUT2D eigenvalue weighted by atomic mass is 10.2. The van der Waals surface area contributed by atoms with E-state index in [9.17, 15) is 12.8 Å². The second-order valence-electron chi connectivity index (χ2n) is 5.71. The van der Waals surface area contributed by atoms with Crippen molar-refractivity contribution in [1.82, 2.24) is 14.5 Å². The highest BCUT2D eigenvalue weighted by Crippen LogP contribution is 2.21. The van der Waals surface area contributed by atoms with E-state index in [0.717, 1.165) is 17.5 Å². The summed E-state index contributed by atoms with van der Waals surface area (Å²) in [5.74, 6) is -0.0304. The topological polar surface area (TPSA) is 77.1 Å². The van der Waals surface area contributed by atoms with E-state index < -0.39 is 21.9 Å². The van der Waals surface area contributed by atoms with Gasteiger partial charge in [-0.3, -0.25) is 4.68 Å². The molecule has 1 aromatic carbocycles. The molecule has 8 heteroatoms. The van der Waals surface area contributed by atoms with Gasteiger partial charge in [-0.15, -0.1) is 0 Å². The van der Waals surface area contributed by atoms with Gasteiger partial charge in [0.1, 0.15) is 17.6 Å². The van der Waals surface area contributed by atoms with Crippen molar-refractivity contribution in [3.05, 3.63) is 71.7 Å². The Morgan fingerprint density at radius 2 is 2.04 bits per heavy atom. The number of sulfonamides is 1. The van der Waals surface area contributed by atoms with Crippen LogP contribution in [0, 0.1) is 19.7 Å². The third kappa shape index (κ3) is 3.80. The lowest BCUT2D eigenvalue weighted by Gasteiger charge is -2.18. The molecule has 0 aliphatic heterocycles. The average Bonchev–Trinajstić information content (AvgIpc) is 3.18. The number of furan rings is 1. The summed E-state index contributed by atoms with van der Waals surface area (Å²) in [5, 5.41) is 4.42. The first-order chi connectivity index (χ1) is 11.9. The summed E-state index contributed by atoms with van der Waals surface area (Å²) in [5.41, 5.74) is 1.70. The summed E-state index contributed by atoms with van der Waals surface area (Å²) in [6.45, 7) is 3.77. The average molecular weight is 363 g/mol. The number of hydrogen-bond donors (Lipinski definition) is 1. The molecule has 2 heterocycles. The van der Waals surface area contributed by atoms with Crippen molar-refractivity contribution in [3.63, 3.8) is 0 Å². The molecule has 0 radical (unpaired) electrons. The minimum absolute atomic E-state index is 0.0221. The van der Waals surface area contributed by atoms with E-state index in [0.29, 0.717) is 5.76 Å². The lowest BCUT2D eigenvalue weighted by Crippen LogP contribution is -2.32. The van der Waals surface area contributed by atoms with Gasteiger partial charge in [0.2, 0.25) is 10.0 Å². The van der Waals surface area contributed by atoms with E-state index >= 15 is 0 Å². The summed E-state index contributed by atoms with van der Waals surface area (Å²) >= 11 is 0. The summed E-state index contributed by atoms with van der Waals surface area (Å²) in [4.78, 5) is -0.126. The quantitative estimate of drug-likeness (QED) is 0.731. The van der Waals surface area contributed by atoms with Crippen LogP contribution in [0.5, 0.6) is 0 Å². The van der Waals surface area contributed by atoms with Crippen LogP contribution < -0.4 is 4.72 Å². The van der Waals surface area contributed by atoms with Crippen molar-refractivity contribution in [2.24, 2.45) is 0 Å². The number of halogens is 1. The second-order valence-corrected chi connectivity index (χ2v) is 7.48. The molecule has 0 saturated carbocycles. The number of hydrogen-bond acceptors (Lipinski definition) is 4. The van der Waals surface area contributed by atoms with Crippen molar-refractivity contribution >= 4 is 10.0 Å². The molecule has 0 spiro atoms. The fraction of sp³-hybridized carbons (Fsp3) is 0.235. The minimum Gasteiger partial charge on any atom is -0.467 e. The third-order valence-electron chi connectivity index (χ3n) is 3.78. The molecule has 6 nitrogen and oxygen atoms in total. The van der Waals surface area contributed by atoms with Crippen LogP contribution in [0.3, 0.4) is 0 Å². The van der Waals surface area contributed by atoms with E-state index in [1.54, 1.807) is 16.8 Å². The zero-order valence-electron chi connectivity index (χ0n) is 13.8. The molecule has 132 valence electrons. The molecule has 25 heavy (non-hydrogen) atoms. The van der Waals surface area contributed by atoms with Crippen LogP contribution in [0.2, 0.25) is 0 Å². The van der Waals surface area contributed by atoms with E-state index in [2.05, 4.69) is 9.82 Å². The Morgan fingerprint density at radius 3 is 2.64 bits per heavy atom. The number of rotatable bonds is 6. The molecule has 0 aliphatic carbocycles. The van der Waals surface area contributed by atoms with Gasteiger partial charge >= 0.3 is 0 Å². The van der Waals surface area contributed by atoms with Crippen molar-refractivity contribution in [1.29, 1.82) is 0 Å². The first kappa shape index (κ1) is 17.4. The molecule has 0 bridgehead atoms.